The molecule has 38 heavy (non-hydrogen) atoms. The van der Waals surface area contributed by atoms with Crippen molar-refractivity contribution in [1.82, 2.24) is 15.0 Å². The minimum absolute atomic E-state index is 0.123. The molecule has 2 aromatic carbocycles. The number of rotatable bonds is 2. The summed E-state index contributed by atoms with van der Waals surface area (Å²) in [6, 6.07) is 15.4. The number of amides is 2. The number of aryl methyl sites for hydroxylation is 1. The Kier molecular flexibility index (Phi) is 8.03. The molecular formula is C30H34ClN3O4. The van der Waals surface area contributed by atoms with Gasteiger partial charge in [-0.3, -0.25) is 9.59 Å². The molecule has 0 bridgehead atoms. The number of hydrogen-bond acceptors (Lipinski definition) is 5. The molecule has 5 rings (SSSR count). The predicted octanol–water partition coefficient (Wildman–Crippen LogP) is 5.87. The Morgan fingerprint density at radius 1 is 0.974 bits per heavy atom. The van der Waals surface area contributed by atoms with Crippen molar-refractivity contribution in [3.8, 4) is 17.0 Å². The number of para-hydroxylation sites is 1. The van der Waals surface area contributed by atoms with Gasteiger partial charge in [-0.1, -0.05) is 59.9 Å². The minimum Gasteiger partial charge on any atom is -0.491 e. The number of ether oxygens (including phenoxy) is 1. The summed E-state index contributed by atoms with van der Waals surface area (Å²) >= 11 is 6.02. The second-order valence-electron chi connectivity index (χ2n) is 10.4. The van der Waals surface area contributed by atoms with Gasteiger partial charge in [0.1, 0.15) is 29.9 Å². The highest BCUT2D eigenvalue weighted by molar-refractivity contribution is 6.30. The number of benzene rings is 2. The zero-order valence-electron chi connectivity index (χ0n) is 21.8. The smallest absolute Gasteiger partial charge is 0.259 e. The van der Waals surface area contributed by atoms with Gasteiger partial charge in [-0.25, -0.2) is 0 Å². The first-order chi connectivity index (χ1) is 18.5. The molecular weight excluding hydrogens is 502 g/mol. The van der Waals surface area contributed by atoms with Gasteiger partial charge in [0.25, 0.3) is 5.91 Å². The van der Waals surface area contributed by atoms with Gasteiger partial charge in [-0.2, -0.15) is 0 Å². The number of nitrogens with zero attached hydrogens (tertiary/aromatic N) is 3. The lowest BCUT2D eigenvalue weighted by Crippen LogP contribution is -2.51. The first kappa shape index (κ1) is 26.3. The summed E-state index contributed by atoms with van der Waals surface area (Å²) in [5.74, 6) is 0.955. The zero-order valence-corrected chi connectivity index (χ0v) is 22.6. The average molecular weight is 536 g/mol. The van der Waals surface area contributed by atoms with E-state index in [0.29, 0.717) is 55.4 Å². The second-order valence-corrected chi connectivity index (χ2v) is 10.8. The standard InChI is InChI=1S/C30H34ClN3O4/c1-33-19-20-37-26-9-5-4-8-22(26)7-3-2-6-14-30(29(33)36)15-17-34(18-16-30)28(35)25-21-38-32-27(25)23-10-12-24(31)13-11-23/h4-5,8-13,21H,2-3,6-7,14-20H2,1H3. The van der Waals surface area contributed by atoms with Crippen molar-refractivity contribution >= 4 is 23.4 Å². The normalized spacial score (nSPS) is 18.6. The minimum atomic E-state index is -0.458. The highest BCUT2D eigenvalue weighted by Crippen LogP contribution is 2.40. The van der Waals surface area contributed by atoms with Crippen LogP contribution in [0.15, 0.2) is 59.3 Å². The first-order valence-electron chi connectivity index (χ1n) is 13.4. The topological polar surface area (TPSA) is 75.9 Å². The molecule has 0 atom stereocenters. The Morgan fingerprint density at radius 3 is 2.53 bits per heavy atom. The van der Waals surface area contributed by atoms with E-state index >= 15 is 0 Å². The van der Waals surface area contributed by atoms with Gasteiger partial charge in [-0.15, -0.1) is 0 Å². The molecule has 3 heterocycles. The molecule has 8 heteroatoms. The van der Waals surface area contributed by atoms with Crippen molar-refractivity contribution in [2.75, 3.05) is 33.3 Å². The number of hydrogen-bond donors (Lipinski definition) is 0. The summed E-state index contributed by atoms with van der Waals surface area (Å²) in [5.41, 5.74) is 2.48. The number of likely N-dealkylation sites (tertiary alicyclic amines) is 1. The van der Waals surface area contributed by atoms with Crippen LogP contribution in [0.2, 0.25) is 5.02 Å². The molecule has 1 saturated heterocycles. The van der Waals surface area contributed by atoms with Crippen molar-refractivity contribution in [1.29, 1.82) is 0 Å². The Balaban J connectivity index is 1.27. The third kappa shape index (κ3) is 5.58. The van der Waals surface area contributed by atoms with Gasteiger partial charge in [-0.05, 0) is 55.9 Å². The molecule has 0 radical (unpaired) electrons. The maximum Gasteiger partial charge on any atom is 0.259 e. The number of carbonyl (C=O) groups excluding carboxylic acids is 2. The molecule has 200 valence electrons. The molecule has 7 nitrogen and oxygen atoms in total. The van der Waals surface area contributed by atoms with Crippen molar-refractivity contribution in [3.63, 3.8) is 0 Å². The fourth-order valence-electron chi connectivity index (χ4n) is 5.69. The molecule has 2 amide bonds. The van der Waals surface area contributed by atoms with E-state index < -0.39 is 5.41 Å². The van der Waals surface area contributed by atoms with E-state index in [-0.39, 0.29) is 11.8 Å². The van der Waals surface area contributed by atoms with Crippen LogP contribution < -0.4 is 4.74 Å². The van der Waals surface area contributed by atoms with Crippen LogP contribution in [0.3, 0.4) is 0 Å². The summed E-state index contributed by atoms with van der Waals surface area (Å²) in [5, 5.41) is 4.70. The average Bonchev–Trinajstić information content (AvgIpc) is 3.43. The first-order valence-corrected chi connectivity index (χ1v) is 13.8. The maximum atomic E-state index is 13.8. The number of carbonyl (C=O) groups is 2. The third-order valence-corrected chi connectivity index (χ3v) is 8.24. The van der Waals surface area contributed by atoms with Gasteiger partial charge < -0.3 is 19.1 Å². The van der Waals surface area contributed by atoms with E-state index in [9.17, 15) is 9.59 Å². The van der Waals surface area contributed by atoms with Gasteiger partial charge >= 0.3 is 0 Å². The molecule has 0 saturated carbocycles. The predicted molar refractivity (Wildman–Crippen MR) is 146 cm³/mol. The molecule has 1 aromatic heterocycles. The molecule has 2 aliphatic rings. The fourth-order valence-corrected chi connectivity index (χ4v) is 5.82. The van der Waals surface area contributed by atoms with Crippen LogP contribution in [0.25, 0.3) is 11.3 Å². The van der Waals surface area contributed by atoms with Crippen molar-refractivity contribution < 1.29 is 18.8 Å². The second kappa shape index (κ2) is 11.6. The van der Waals surface area contributed by atoms with Gasteiger partial charge in [0.05, 0.1) is 12.0 Å². The monoisotopic (exact) mass is 535 g/mol. The van der Waals surface area contributed by atoms with Crippen LogP contribution in [-0.2, 0) is 11.2 Å². The number of fused-ring (bicyclic) bond motifs is 1. The van der Waals surface area contributed by atoms with E-state index in [4.69, 9.17) is 20.9 Å². The van der Waals surface area contributed by atoms with E-state index in [1.165, 1.54) is 11.8 Å². The van der Waals surface area contributed by atoms with Crippen molar-refractivity contribution in [2.45, 2.75) is 44.9 Å². The van der Waals surface area contributed by atoms with Crippen LogP contribution >= 0.6 is 11.6 Å². The van der Waals surface area contributed by atoms with Crippen LogP contribution in [0, 0.1) is 5.41 Å². The third-order valence-electron chi connectivity index (χ3n) is 7.98. The largest absolute Gasteiger partial charge is 0.491 e. The van der Waals surface area contributed by atoms with Crippen LogP contribution in [0.1, 0.15) is 54.4 Å². The van der Waals surface area contributed by atoms with Crippen LogP contribution in [0.5, 0.6) is 5.75 Å². The number of halogens is 1. The van der Waals surface area contributed by atoms with E-state index in [2.05, 4.69) is 17.3 Å². The van der Waals surface area contributed by atoms with Gasteiger partial charge in [0, 0.05) is 30.7 Å². The molecule has 1 fully saturated rings. The number of aromatic nitrogens is 1. The Hall–Kier alpha value is -3.32. The SMILES string of the molecule is CN1CCOc2ccccc2CCCCCC2(CCN(C(=O)c3conc3-c3ccc(Cl)cc3)CC2)C1=O. The molecule has 0 N–H and O–H groups in total. The van der Waals surface area contributed by atoms with E-state index in [0.717, 1.165) is 43.4 Å². The number of likely N-dealkylation sites (N-methyl/N-ethyl adjacent to an activating group) is 1. The zero-order chi connectivity index (χ0) is 26.5. The summed E-state index contributed by atoms with van der Waals surface area (Å²) in [6.07, 6.45) is 7.62. The molecule has 2 aliphatic heterocycles. The quantitative estimate of drug-likeness (QED) is 0.410. The highest BCUT2D eigenvalue weighted by atomic mass is 35.5. The van der Waals surface area contributed by atoms with Gasteiger partial charge in [0.2, 0.25) is 5.91 Å². The molecule has 0 aliphatic carbocycles. The maximum absolute atomic E-state index is 13.8. The summed E-state index contributed by atoms with van der Waals surface area (Å²) in [6.45, 7) is 2.03. The molecule has 1 spiro atoms. The Bertz CT molecular complexity index is 1260. The lowest BCUT2D eigenvalue weighted by molar-refractivity contribution is -0.144. The summed E-state index contributed by atoms with van der Waals surface area (Å²) in [7, 11) is 1.87. The van der Waals surface area contributed by atoms with E-state index in [1.807, 2.05) is 41.1 Å². The summed E-state index contributed by atoms with van der Waals surface area (Å²) < 4.78 is 11.3. The Labute approximate surface area is 228 Å². The van der Waals surface area contributed by atoms with Crippen LogP contribution in [0.4, 0.5) is 0 Å². The van der Waals surface area contributed by atoms with Gasteiger partial charge in [0.15, 0.2) is 0 Å². The molecule has 0 unspecified atom stereocenters. The highest BCUT2D eigenvalue weighted by Gasteiger charge is 2.43. The number of piperidine rings is 1. The van der Waals surface area contributed by atoms with Crippen LogP contribution in [-0.4, -0.2) is 60.1 Å². The van der Waals surface area contributed by atoms with Crippen molar-refractivity contribution in [3.05, 3.63) is 70.9 Å². The fraction of sp³-hybridized carbons (Fsp3) is 0.433. The lowest BCUT2D eigenvalue weighted by Gasteiger charge is -2.42. The molecule has 3 aromatic rings. The Morgan fingerprint density at radius 2 is 1.74 bits per heavy atom. The van der Waals surface area contributed by atoms with E-state index in [1.54, 1.807) is 12.1 Å². The summed E-state index contributed by atoms with van der Waals surface area (Å²) in [4.78, 5) is 30.9. The van der Waals surface area contributed by atoms with Crippen molar-refractivity contribution in [2.24, 2.45) is 5.41 Å². The lowest BCUT2D eigenvalue weighted by atomic mass is 9.73.